The highest BCUT2D eigenvalue weighted by molar-refractivity contribution is 9.10. The van der Waals surface area contributed by atoms with Crippen molar-refractivity contribution in [1.29, 1.82) is 0 Å². The van der Waals surface area contributed by atoms with E-state index in [1.807, 2.05) is 6.20 Å². The molecule has 0 amide bonds. The van der Waals surface area contributed by atoms with Gasteiger partial charge in [-0.3, -0.25) is 4.40 Å². The first-order valence-electron chi connectivity index (χ1n) is 5.18. The summed E-state index contributed by atoms with van der Waals surface area (Å²) < 4.78 is 3.11. The van der Waals surface area contributed by atoms with Crippen LogP contribution in [0.2, 0.25) is 0 Å². The highest BCUT2D eigenvalue weighted by Gasteiger charge is 2.17. The molecular formula is C11H12BrN3. The van der Waals surface area contributed by atoms with Crippen molar-refractivity contribution in [3.05, 3.63) is 34.7 Å². The van der Waals surface area contributed by atoms with Gasteiger partial charge in [0.2, 0.25) is 0 Å². The Bertz CT molecular complexity index is 486. The Morgan fingerprint density at radius 3 is 3.20 bits per heavy atom. The number of imidazole rings is 1. The summed E-state index contributed by atoms with van der Waals surface area (Å²) in [5.74, 6) is 0.656. The largest absolute Gasteiger partial charge is 0.316 e. The number of pyridine rings is 1. The maximum Gasteiger partial charge on any atom is 0.137 e. The average Bonchev–Trinajstić information content (AvgIpc) is 2.88. The molecule has 1 N–H and O–H groups in total. The van der Waals surface area contributed by atoms with Crippen molar-refractivity contribution in [3.8, 4) is 0 Å². The number of nitrogens with one attached hydrogen (secondary N) is 1. The lowest BCUT2D eigenvalue weighted by Crippen LogP contribution is -2.08. The summed E-state index contributed by atoms with van der Waals surface area (Å²) >= 11 is 3.49. The molecule has 3 heterocycles. The van der Waals surface area contributed by atoms with Gasteiger partial charge in [0.1, 0.15) is 10.3 Å². The number of rotatable bonds is 1. The maximum atomic E-state index is 4.29. The van der Waals surface area contributed by atoms with Crippen molar-refractivity contribution in [2.75, 3.05) is 13.1 Å². The summed E-state index contributed by atoms with van der Waals surface area (Å²) in [5, 5.41) is 3.39. The lowest BCUT2D eigenvalue weighted by Gasteiger charge is -2.09. The van der Waals surface area contributed by atoms with Gasteiger partial charge < -0.3 is 5.32 Å². The van der Waals surface area contributed by atoms with E-state index in [2.05, 4.69) is 49.0 Å². The minimum absolute atomic E-state index is 0.656. The Morgan fingerprint density at radius 2 is 2.40 bits per heavy atom. The van der Waals surface area contributed by atoms with E-state index in [0.717, 1.165) is 23.3 Å². The monoisotopic (exact) mass is 265 g/mol. The predicted octanol–water partition coefficient (Wildman–Crippen LogP) is 2.17. The van der Waals surface area contributed by atoms with Gasteiger partial charge in [0.15, 0.2) is 0 Å². The molecule has 0 aliphatic carbocycles. The van der Waals surface area contributed by atoms with Crippen LogP contribution in [0, 0.1) is 0 Å². The zero-order valence-corrected chi connectivity index (χ0v) is 9.87. The molecule has 1 fully saturated rings. The van der Waals surface area contributed by atoms with Gasteiger partial charge >= 0.3 is 0 Å². The fourth-order valence-corrected chi connectivity index (χ4v) is 2.53. The molecule has 1 atom stereocenters. The Kier molecular flexibility index (Phi) is 2.25. The molecule has 15 heavy (non-hydrogen) atoms. The van der Waals surface area contributed by atoms with Gasteiger partial charge in [0.05, 0.1) is 6.20 Å². The fraction of sp³-hybridized carbons (Fsp3) is 0.364. The summed E-state index contributed by atoms with van der Waals surface area (Å²) in [6, 6.07) is 4.27. The van der Waals surface area contributed by atoms with E-state index < -0.39 is 0 Å². The maximum absolute atomic E-state index is 4.29. The van der Waals surface area contributed by atoms with E-state index in [0.29, 0.717) is 5.92 Å². The minimum atomic E-state index is 0.656. The molecule has 1 aliphatic rings. The minimum Gasteiger partial charge on any atom is -0.316 e. The standard InChI is InChI=1S/C11H12BrN3/c12-10-6-14-11-2-1-9(7-15(10)11)8-3-4-13-5-8/h1-2,6-8,13H,3-5H2. The average molecular weight is 266 g/mol. The SMILES string of the molecule is Brc1cnc2ccc(C3CCNC3)cn12. The first-order valence-corrected chi connectivity index (χ1v) is 5.97. The van der Waals surface area contributed by atoms with Crippen molar-refractivity contribution >= 4 is 21.6 Å². The van der Waals surface area contributed by atoms with Crippen LogP contribution in [0.15, 0.2) is 29.1 Å². The summed E-state index contributed by atoms with van der Waals surface area (Å²) in [6.45, 7) is 2.23. The van der Waals surface area contributed by atoms with Gasteiger partial charge in [-0.05, 0) is 46.4 Å². The number of hydrogen-bond acceptors (Lipinski definition) is 2. The second-order valence-electron chi connectivity index (χ2n) is 3.96. The summed E-state index contributed by atoms with van der Waals surface area (Å²) in [6.07, 6.45) is 5.26. The van der Waals surface area contributed by atoms with E-state index in [1.165, 1.54) is 12.0 Å². The normalized spacial score (nSPS) is 21.3. The van der Waals surface area contributed by atoms with Gasteiger partial charge in [-0.15, -0.1) is 0 Å². The van der Waals surface area contributed by atoms with Crippen LogP contribution in [0.25, 0.3) is 5.65 Å². The zero-order valence-electron chi connectivity index (χ0n) is 8.28. The zero-order chi connectivity index (χ0) is 10.3. The molecule has 0 spiro atoms. The highest BCUT2D eigenvalue weighted by Crippen LogP contribution is 2.23. The summed E-state index contributed by atoms with van der Waals surface area (Å²) in [7, 11) is 0. The van der Waals surface area contributed by atoms with E-state index in [4.69, 9.17) is 0 Å². The molecule has 0 aromatic carbocycles. The van der Waals surface area contributed by atoms with Gasteiger partial charge in [0, 0.05) is 12.7 Å². The highest BCUT2D eigenvalue weighted by atomic mass is 79.9. The molecule has 78 valence electrons. The second kappa shape index (κ2) is 3.61. The van der Waals surface area contributed by atoms with Crippen LogP contribution in [0.1, 0.15) is 17.9 Å². The smallest absolute Gasteiger partial charge is 0.137 e. The Labute approximate surface area is 96.6 Å². The molecule has 1 saturated heterocycles. The predicted molar refractivity (Wildman–Crippen MR) is 63.1 cm³/mol. The number of nitrogens with zero attached hydrogens (tertiary/aromatic N) is 2. The van der Waals surface area contributed by atoms with Crippen LogP contribution in [-0.2, 0) is 0 Å². The third-order valence-corrected chi connectivity index (χ3v) is 3.60. The molecule has 1 aliphatic heterocycles. The molecule has 2 aromatic rings. The fourth-order valence-electron chi connectivity index (χ4n) is 2.15. The third kappa shape index (κ3) is 1.58. The lowest BCUT2D eigenvalue weighted by molar-refractivity contribution is 0.756. The van der Waals surface area contributed by atoms with E-state index in [1.54, 1.807) is 0 Å². The van der Waals surface area contributed by atoms with Gasteiger partial charge in [-0.2, -0.15) is 0 Å². The lowest BCUT2D eigenvalue weighted by atomic mass is 10.0. The van der Waals surface area contributed by atoms with Gasteiger partial charge in [-0.1, -0.05) is 6.07 Å². The number of aromatic nitrogens is 2. The van der Waals surface area contributed by atoms with Crippen molar-refractivity contribution in [1.82, 2.24) is 14.7 Å². The van der Waals surface area contributed by atoms with E-state index in [9.17, 15) is 0 Å². The van der Waals surface area contributed by atoms with Crippen LogP contribution >= 0.6 is 15.9 Å². The first-order chi connectivity index (χ1) is 7.34. The van der Waals surface area contributed by atoms with Gasteiger partial charge in [-0.25, -0.2) is 4.98 Å². The Morgan fingerprint density at radius 1 is 1.47 bits per heavy atom. The molecule has 3 rings (SSSR count). The van der Waals surface area contributed by atoms with Crippen LogP contribution in [0.3, 0.4) is 0 Å². The van der Waals surface area contributed by atoms with Crippen molar-refractivity contribution in [2.24, 2.45) is 0 Å². The van der Waals surface area contributed by atoms with Crippen molar-refractivity contribution in [2.45, 2.75) is 12.3 Å². The molecule has 2 aromatic heterocycles. The molecular weight excluding hydrogens is 254 g/mol. The molecule has 4 heteroatoms. The summed E-state index contributed by atoms with van der Waals surface area (Å²) in [4.78, 5) is 4.29. The number of halogens is 1. The van der Waals surface area contributed by atoms with Crippen molar-refractivity contribution < 1.29 is 0 Å². The van der Waals surface area contributed by atoms with Crippen LogP contribution in [-0.4, -0.2) is 22.5 Å². The molecule has 3 nitrogen and oxygen atoms in total. The number of fused-ring (bicyclic) bond motifs is 1. The van der Waals surface area contributed by atoms with Gasteiger partial charge in [0.25, 0.3) is 0 Å². The summed E-state index contributed by atoms with van der Waals surface area (Å²) in [5.41, 5.74) is 2.39. The second-order valence-corrected chi connectivity index (χ2v) is 4.77. The Hall–Kier alpha value is -0.870. The first kappa shape index (κ1) is 9.36. The van der Waals surface area contributed by atoms with Crippen molar-refractivity contribution in [3.63, 3.8) is 0 Å². The molecule has 0 saturated carbocycles. The quantitative estimate of drug-likeness (QED) is 0.857. The van der Waals surface area contributed by atoms with Crippen LogP contribution < -0.4 is 5.32 Å². The number of hydrogen-bond donors (Lipinski definition) is 1. The molecule has 0 radical (unpaired) electrons. The molecule has 1 unspecified atom stereocenters. The Balaban J connectivity index is 2.08. The molecule has 0 bridgehead atoms. The third-order valence-electron chi connectivity index (χ3n) is 3.02. The topological polar surface area (TPSA) is 29.3 Å². The van der Waals surface area contributed by atoms with Crippen LogP contribution in [0.4, 0.5) is 0 Å². The van der Waals surface area contributed by atoms with Crippen LogP contribution in [0.5, 0.6) is 0 Å². The van der Waals surface area contributed by atoms with E-state index >= 15 is 0 Å². The van der Waals surface area contributed by atoms with E-state index in [-0.39, 0.29) is 0 Å².